The van der Waals surface area contributed by atoms with Gasteiger partial charge in [-0.3, -0.25) is 4.79 Å². The molecule has 1 aromatic carbocycles. The van der Waals surface area contributed by atoms with E-state index in [4.69, 9.17) is 4.74 Å². The molecule has 2 rings (SSSR count). The van der Waals surface area contributed by atoms with Gasteiger partial charge in [0.15, 0.2) is 5.96 Å². The van der Waals surface area contributed by atoms with Crippen LogP contribution in [0.3, 0.4) is 0 Å². The van der Waals surface area contributed by atoms with Crippen molar-refractivity contribution in [3.8, 4) is 0 Å². The van der Waals surface area contributed by atoms with Gasteiger partial charge in [0.25, 0.3) is 5.91 Å². The van der Waals surface area contributed by atoms with E-state index in [1.165, 1.54) is 0 Å². The van der Waals surface area contributed by atoms with Gasteiger partial charge in [-0.1, -0.05) is 12.1 Å². The normalized spacial score (nSPS) is 16.7. The Morgan fingerprint density at radius 1 is 1.30 bits per heavy atom. The van der Waals surface area contributed by atoms with E-state index in [2.05, 4.69) is 20.9 Å². The third kappa shape index (κ3) is 5.56. The average molecular weight is 318 g/mol. The maximum Gasteiger partial charge on any atom is 0.253 e. The lowest BCUT2D eigenvalue weighted by Crippen LogP contribution is -2.36. The van der Waals surface area contributed by atoms with Crippen molar-refractivity contribution in [1.29, 1.82) is 0 Å². The second-order valence-corrected chi connectivity index (χ2v) is 5.42. The molecule has 1 saturated heterocycles. The molecule has 1 atom stereocenters. The quantitative estimate of drug-likeness (QED) is 0.553. The van der Waals surface area contributed by atoms with Crippen LogP contribution in [0.15, 0.2) is 29.3 Å². The van der Waals surface area contributed by atoms with Gasteiger partial charge in [0.2, 0.25) is 0 Å². The molecule has 1 aromatic rings. The number of nitrogens with zero attached hydrogens (tertiary/aromatic N) is 1. The van der Waals surface area contributed by atoms with Gasteiger partial charge in [0.05, 0.1) is 6.54 Å². The first-order valence-corrected chi connectivity index (χ1v) is 8.26. The van der Waals surface area contributed by atoms with Crippen LogP contribution in [0.2, 0.25) is 0 Å². The monoisotopic (exact) mass is 318 g/mol. The predicted octanol–water partition coefficient (Wildman–Crippen LogP) is 1.88. The van der Waals surface area contributed by atoms with Crippen LogP contribution in [0.25, 0.3) is 0 Å². The molecule has 1 amide bonds. The highest BCUT2D eigenvalue weighted by Gasteiger charge is 2.23. The summed E-state index contributed by atoms with van der Waals surface area (Å²) < 4.78 is 5.40. The van der Waals surface area contributed by atoms with E-state index in [1.807, 2.05) is 38.1 Å². The van der Waals surface area contributed by atoms with E-state index < -0.39 is 0 Å². The number of aliphatic imine (C=N–C) groups is 1. The van der Waals surface area contributed by atoms with Gasteiger partial charge in [0, 0.05) is 25.4 Å². The molecule has 1 fully saturated rings. The molecule has 0 saturated carbocycles. The van der Waals surface area contributed by atoms with E-state index in [9.17, 15) is 4.79 Å². The van der Waals surface area contributed by atoms with Gasteiger partial charge in [-0.15, -0.1) is 0 Å². The Morgan fingerprint density at radius 3 is 2.74 bits per heavy atom. The van der Waals surface area contributed by atoms with Gasteiger partial charge >= 0.3 is 0 Å². The minimum absolute atomic E-state index is 0.0656. The summed E-state index contributed by atoms with van der Waals surface area (Å²) in [6.07, 6.45) is 1.43. The van der Waals surface area contributed by atoms with Crippen LogP contribution in [-0.4, -0.2) is 37.7 Å². The van der Waals surface area contributed by atoms with Crippen molar-refractivity contribution in [3.05, 3.63) is 29.8 Å². The molecule has 3 N–H and O–H groups in total. The first-order chi connectivity index (χ1) is 11.2. The number of hydrogen-bond acceptors (Lipinski definition) is 3. The van der Waals surface area contributed by atoms with Crippen LogP contribution in [0, 0.1) is 0 Å². The van der Waals surface area contributed by atoms with E-state index >= 15 is 0 Å². The zero-order valence-corrected chi connectivity index (χ0v) is 13.9. The number of ether oxygens (including phenoxy) is 1. The summed E-state index contributed by atoms with van der Waals surface area (Å²) in [5, 5.41) is 9.30. The fraction of sp³-hybridized carbons (Fsp3) is 0.529. The molecule has 1 unspecified atom stereocenters. The van der Waals surface area contributed by atoms with Crippen LogP contribution >= 0.6 is 0 Å². The summed E-state index contributed by atoms with van der Waals surface area (Å²) in [6.45, 7) is 6.94. The second-order valence-electron chi connectivity index (χ2n) is 5.42. The highest BCUT2D eigenvalue weighted by Crippen LogP contribution is 2.16. The van der Waals surface area contributed by atoms with Crippen molar-refractivity contribution in [2.45, 2.75) is 39.3 Å². The molecule has 23 heavy (non-hydrogen) atoms. The van der Waals surface area contributed by atoms with Crippen LogP contribution in [0.5, 0.6) is 0 Å². The lowest BCUT2D eigenvalue weighted by Gasteiger charge is -2.12. The average Bonchev–Trinajstić information content (AvgIpc) is 3.08. The van der Waals surface area contributed by atoms with E-state index in [-0.39, 0.29) is 12.0 Å². The molecule has 1 aliphatic heterocycles. The summed E-state index contributed by atoms with van der Waals surface area (Å²) >= 11 is 0. The fourth-order valence-corrected chi connectivity index (χ4v) is 2.43. The number of nitrogens with one attached hydrogen (secondary N) is 3. The van der Waals surface area contributed by atoms with E-state index in [1.54, 1.807) is 0 Å². The van der Waals surface area contributed by atoms with Gasteiger partial charge in [0.1, 0.15) is 6.10 Å². The number of carbonyl (C=O) groups excluding carboxylic acids is 1. The molecule has 0 spiro atoms. The van der Waals surface area contributed by atoms with Crippen LogP contribution in [0.1, 0.15) is 32.3 Å². The van der Waals surface area contributed by atoms with Gasteiger partial charge in [-0.2, -0.15) is 0 Å². The van der Waals surface area contributed by atoms with Crippen molar-refractivity contribution >= 4 is 17.6 Å². The number of amides is 1. The Bertz CT molecular complexity index is 531. The van der Waals surface area contributed by atoms with Crippen LogP contribution in [-0.2, 0) is 16.1 Å². The standard InChI is InChI=1S/C17H26N4O2/c1-3-18-17(19-4-2)20-12-13-7-5-8-14(11-13)21-16(22)15-9-6-10-23-15/h5,7-8,11,15H,3-4,6,9-10,12H2,1-2H3,(H,21,22)(H2,18,19,20). The molecule has 0 aromatic heterocycles. The summed E-state index contributed by atoms with van der Waals surface area (Å²) in [7, 11) is 0. The highest BCUT2D eigenvalue weighted by molar-refractivity contribution is 5.94. The minimum atomic E-state index is -0.314. The van der Waals surface area contributed by atoms with Crippen LogP contribution < -0.4 is 16.0 Å². The number of guanidine groups is 1. The summed E-state index contributed by atoms with van der Waals surface area (Å²) in [5.74, 6) is 0.730. The Kier molecular flexibility index (Phi) is 6.87. The summed E-state index contributed by atoms with van der Waals surface area (Å²) in [4.78, 5) is 16.6. The molecular weight excluding hydrogens is 292 g/mol. The predicted molar refractivity (Wildman–Crippen MR) is 92.5 cm³/mol. The van der Waals surface area contributed by atoms with Gasteiger partial charge < -0.3 is 20.7 Å². The molecule has 1 heterocycles. The Morgan fingerprint density at radius 2 is 2.09 bits per heavy atom. The smallest absolute Gasteiger partial charge is 0.253 e. The maximum atomic E-state index is 12.1. The number of anilines is 1. The Hall–Kier alpha value is -2.08. The topological polar surface area (TPSA) is 74.8 Å². The Balaban J connectivity index is 1.95. The lowest BCUT2D eigenvalue weighted by molar-refractivity contribution is -0.124. The maximum absolute atomic E-state index is 12.1. The molecule has 0 aliphatic carbocycles. The number of carbonyl (C=O) groups is 1. The van der Waals surface area contributed by atoms with Crippen molar-refractivity contribution in [1.82, 2.24) is 10.6 Å². The van der Waals surface area contributed by atoms with Crippen molar-refractivity contribution < 1.29 is 9.53 Å². The van der Waals surface area contributed by atoms with Crippen molar-refractivity contribution in [2.75, 3.05) is 25.0 Å². The molecule has 6 heteroatoms. The molecule has 1 aliphatic rings. The molecule has 126 valence electrons. The van der Waals surface area contributed by atoms with Gasteiger partial charge in [-0.05, 0) is 44.4 Å². The summed E-state index contributed by atoms with van der Waals surface area (Å²) in [5.41, 5.74) is 1.83. The molecule has 0 radical (unpaired) electrons. The second kappa shape index (κ2) is 9.15. The van der Waals surface area contributed by atoms with E-state index in [0.29, 0.717) is 13.2 Å². The van der Waals surface area contributed by atoms with Crippen LogP contribution in [0.4, 0.5) is 5.69 Å². The van der Waals surface area contributed by atoms with Gasteiger partial charge in [-0.25, -0.2) is 4.99 Å². The van der Waals surface area contributed by atoms with E-state index in [0.717, 1.165) is 43.1 Å². The minimum Gasteiger partial charge on any atom is -0.368 e. The zero-order chi connectivity index (χ0) is 16.5. The highest BCUT2D eigenvalue weighted by atomic mass is 16.5. The first-order valence-electron chi connectivity index (χ1n) is 8.26. The third-order valence-electron chi connectivity index (χ3n) is 3.52. The number of rotatable bonds is 6. The molecular formula is C17H26N4O2. The Labute approximate surface area is 137 Å². The molecule has 6 nitrogen and oxygen atoms in total. The first kappa shape index (κ1) is 17.3. The number of hydrogen-bond donors (Lipinski definition) is 3. The van der Waals surface area contributed by atoms with Crippen molar-refractivity contribution in [2.24, 2.45) is 4.99 Å². The number of benzene rings is 1. The molecule has 0 bridgehead atoms. The third-order valence-corrected chi connectivity index (χ3v) is 3.52. The SMILES string of the molecule is CCNC(=NCc1cccc(NC(=O)C2CCCO2)c1)NCC. The summed E-state index contributed by atoms with van der Waals surface area (Å²) in [6, 6.07) is 7.76. The lowest BCUT2D eigenvalue weighted by atomic mass is 10.2. The van der Waals surface area contributed by atoms with Crippen molar-refractivity contribution in [3.63, 3.8) is 0 Å². The fourth-order valence-electron chi connectivity index (χ4n) is 2.43. The largest absolute Gasteiger partial charge is 0.368 e. The zero-order valence-electron chi connectivity index (χ0n) is 13.9.